The fourth-order valence-corrected chi connectivity index (χ4v) is 5.95. The molecule has 0 aliphatic carbocycles. The van der Waals surface area contributed by atoms with Gasteiger partial charge in [0.1, 0.15) is 5.75 Å². The van der Waals surface area contributed by atoms with Gasteiger partial charge in [-0.1, -0.05) is 122 Å². The molecule has 4 aromatic heterocycles. The minimum atomic E-state index is -0.282. The Balaban J connectivity index is 0.000000188. The first kappa shape index (κ1) is 49.6. The van der Waals surface area contributed by atoms with Crippen molar-refractivity contribution in [1.82, 2.24) is 40.8 Å². The minimum Gasteiger partial charge on any atom is -0.497 e. The molecule has 13 heteroatoms. The SMILES string of the molecule is C.C(=C\c1ccn[nH]1)/c1ccccc1.CCOC(OCC)c1ccc(/C=C/c2ccn[nH]2)cc1.COc1ccc(/C=C/c2ccn[nH]2)cc1.Clc1cccc(Cl)c1/C=C/c1ccn[nH]1. The van der Waals surface area contributed by atoms with Gasteiger partial charge in [-0.25, -0.2) is 0 Å². The molecular weight excluding hydrogens is 844 g/mol. The normalized spacial score (nSPS) is 10.9. The molecule has 11 nitrogen and oxygen atoms in total. The second kappa shape index (κ2) is 28.6. The third kappa shape index (κ3) is 17.8. The predicted molar refractivity (Wildman–Crippen MR) is 265 cm³/mol. The number of halogens is 2. The number of methoxy groups -OCH3 is 1. The number of aromatic nitrogens is 8. The summed E-state index contributed by atoms with van der Waals surface area (Å²) in [5.74, 6) is 0.869. The van der Waals surface area contributed by atoms with Gasteiger partial charge in [-0.2, -0.15) is 20.4 Å². The second-order valence-corrected chi connectivity index (χ2v) is 13.9. The molecule has 0 aliphatic rings. The molecule has 4 aromatic carbocycles. The predicted octanol–water partition coefficient (Wildman–Crippen LogP) is 13.3. The number of nitrogens with zero attached hydrogens (tertiary/aromatic N) is 4. The summed E-state index contributed by atoms with van der Waals surface area (Å²) in [5.41, 5.74) is 9.19. The van der Waals surface area contributed by atoms with Gasteiger partial charge in [0.25, 0.3) is 0 Å². The Kier molecular flexibility index (Phi) is 22.1. The molecule has 8 rings (SSSR count). The maximum Gasteiger partial charge on any atom is 0.183 e. The quantitative estimate of drug-likeness (QED) is 0.0796. The van der Waals surface area contributed by atoms with E-state index in [2.05, 4.69) is 52.9 Å². The van der Waals surface area contributed by atoms with Crippen LogP contribution in [0.2, 0.25) is 10.0 Å². The summed E-state index contributed by atoms with van der Waals surface area (Å²) in [6.45, 7) is 5.19. The van der Waals surface area contributed by atoms with E-state index in [1.54, 1.807) is 44.0 Å². The molecule has 330 valence electrons. The fraction of sp³-hybridized carbons (Fsp3) is 0.137. The van der Waals surface area contributed by atoms with Crippen molar-refractivity contribution in [3.05, 3.63) is 207 Å². The maximum atomic E-state index is 6.01. The van der Waals surface area contributed by atoms with Gasteiger partial charge in [0.2, 0.25) is 0 Å². The van der Waals surface area contributed by atoms with Gasteiger partial charge < -0.3 is 14.2 Å². The monoisotopic (exact) mass is 896 g/mol. The van der Waals surface area contributed by atoms with Crippen LogP contribution in [0.5, 0.6) is 5.75 Å². The largest absolute Gasteiger partial charge is 0.497 e. The molecule has 0 unspecified atom stereocenters. The van der Waals surface area contributed by atoms with Crippen molar-refractivity contribution in [2.24, 2.45) is 0 Å². The summed E-state index contributed by atoms with van der Waals surface area (Å²) in [7, 11) is 1.66. The number of H-pyrrole nitrogens is 4. The molecule has 64 heavy (non-hydrogen) atoms. The van der Waals surface area contributed by atoms with Gasteiger partial charge in [0.15, 0.2) is 6.29 Å². The highest BCUT2D eigenvalue weighted by atomic mass is 35.5. The number of benzene rings is 4. The average Bonchev–Trinajstić information content (AvgIpc) is 4.19. The molecule has 0 aliphatic heterocycles. The summed E-state index contributed by atoms with van der Waals surface area (Å²) < 4.78 is 16.2. The molecule has 0 spiro atoms. The van der Waals surface area contributed by atoms with Gasteiger partial charge in [0, 0.05) is 59.2 Å². The van der Waals surface area contributed by atoms with Crippen molar-refractivity contribution in [1.29, 1.82) is 0 Å². The van der Waals surface area contributed by atoms with Crippen LogP contribution >= 0.6 is 23.2 Å². The molecule has 0 amide bonds. The van der Waals surface area contributed by atoms with E-state index in [1.807, 2.05) is 160 Å². The Morgan fingerprint density at radius 1 is 0.469 bits per heavy atom. The van der Waals surface area contributed by atoms with E-state index in [1.165, 1.54) is 5.56 Å². The smallest absolute Gasteiger partial charge is 0.183 e. The molecular formula is C51H54Cl2N8O3. The van der Waals surface area contributed by atoms with E-state index >= 15 is 0 Å². The average molecular weight is 898 g/mol. The first-order valence-electron chi connectivity index (χ1n) is 20.1. The van der Waals surface area contributed by atoms with Gasteiger partial charge in [-0.05, 0) is 109 Å². The maximum absolute atomic E-state index is 6.01. The molecule has 0 saturated heterocycles. The summed E-state index contributed by atoms with van der Waals surface area (Å²) in [4.78, 5) is 0. The number of rotatable bonds is 14. The van der Waals surface area contributed by atoms with Crippen LogP contribution in [0.15, 0.2) is 146 Å². The van der Waals surface area contributed by atoms with Gasteiger partial charge in [-0.3, -0.25) is 20.4 Å². The first-order chi connectivity index (χ1) is 30.9. The zero-order valence-electron chi connectivity index (χ0n) is 35.2. The van der Waals surface area contributed by atoms with Crippen molar-refractivity contribution < 1.29 is 14.2 Å². The summed E-state index contributed by atoms with van der Waals surface area (Å²) >= 11 is 12.0. The van der Waals surface area contributed by atoms with Crippen molar-refractivity contribution >= 4 is 71.8 Å². The standard InChI is InChI=1S/C16H20N2O2.C12H12N2O.C11H8Cl2N2.C11H10N2.CH4/c1-3-19-16(20-4-2)14-8-5-13(6-9-14)7-10-15-11-12-17-18-15;1-15-12-6-3-10(4-7-12)2-5-11-8-9-13-14-11;12-10-2-1-3-11(13)9(10)5-4-8-6-7-14-15-8;1-2-4-10(5-3-1)6-7-11-8-9-12-13-11;/h5-12,16H,3-4H2,1-2H3,(H,17,18);2-9H,1H3,(H,13,14);1-7H,(H,14,15);1-9H,(H,12,13);1H4/b10-7+;5-2+;5-4+;7-6+;. The Hall–Kier alpha value is -7.02. The Labute approximate surface area is 385 Å². The van der Waals surface area contributed by atoms with Crippen LogP contribution in [0.1, 0.15) is 78.2 Å². The molecule has 0 radical (unpaired) electrons. The van der Waals surface area contributed by atoms with Crippen LogP contribution in [0, 0.1) is 0 Å². The second-order valence-electron chi connectivity index (χ2n) is 13.1. The van der Waals surface area contributed by atoms with Gasteiger partial charge in [0.05, 0.1) is 29.9 Å². The lowest BCUT2D eigenvalue weighted by atomic mass is 10.1. The number of ether oxygens (including phenoxy) is 3. The number of nitrogens with one attached hydrogen (secondary N) is 4. The third-order valence-electron chi connectivity index (χ3n) is 8.64. The van der Waals surface area contributed by atoms with Crippen LogP contribution in [-0.2, 0) is 9.47 Å². The summed E-state index contributed by atoms with van der Waals surface area (Å²) in [6.07, 6.45) is 22.4. The Morgan fingerprint density at radius 2 is 0.859 bits per heavy atom. The van der Waals surface area contributed by atoms with Crippen LogP contribution < -0.4 is 4.74 Å². The van der Waals surface area contributed by atoms with E-state index in [0.717, 1.165) is 50.8 Å². The van der Waals surface area contributed by atoms with E-state index < -0.39 is 0 Å². The number of aromatic amines is 4. The topological polar surface area (TPSA) is 142 Å². The Morgan fingerprint density at radius 3 is 1.23 bits per heavy atom. The lowest BCUT2D eigenvalue weighted by Gasteiger charge is -2.17. The zero-order chi connectivity index (χ0) is 44.3. The highest BCUT2D eigenvalue weighted by Gasteiger charge is 2.10. The third-order valence-corrected chi connectivity index (χ3v) is 9.30. The van der Waals surface area contributed by atoms with Crippen molar-refractivity contribution in [2.45, 2.75) is 27.6 Å². The highest BCUT2D eigenvalue weighted by Crippen LogP contribution is 2.26. The molecule has 0 atom stereocenters. The van der Waals surface area contributed by atoms with E-state index in [-0.39, 0.29) is 13.7 Å². The first-order valence-corrected chi connectivity index (χ1v) is 20.9. The van der Waals surface area contributed by atoms with Crippen molar-refractivity contribution in [3.63, 3.8) is 0 Å². The van der Waals surface area contributed by atoms with Crippen LogP contribution in [0.4, 0.5) is 0 Å². The lowest BCUT2D eigenvalue weighted by molar-refractivity contribution is -0.140. The molecule has 0 fully saturated rings. The molecule has 4 heterocycles. The zero-order valence-corrected chi connectivity index (χ0v) is 36.7. The van der Waals surface area contributed by atoms with E-state index in [9.17, 15) is 0 Å². The Bertz CT molecular complexity index is 2490. The highest BCUT2D eigenvalue weighted by molar-refractivity contribution is 6.37. The molecule has 0 bridgehead atoms. The van der Waals surface area contributed by atoms with Gasteiger partial charge >= 0.3 is 0 Å². The van der Waals surface area contributed by atoms with Crippen molar-refractivity contribution in [3.8, 4) is 5.75 Å². The van der Waals surface area contributed by atoms with Crippen LogP contribution in [-0.4, -0.2) is 61.1 Å². The van der Waals surface area contributed by atoms with Crippen LogP contribution in [0.25, 0.3) is 48.6 Å². The lowest BCUT2D eigenvalue weighted by Crippen LogP contribution is -2.08. The van der Waals surface area contributed by atoms with Crippen LogP contribution in [0.3, 0.4) is 0 Å². The number of hydrogen-bond donors (Lipinski definition) is 4. The fourth-order valence-electron chi connectivity index (χ4n) is 5.43. The molecule has 0 saturated carbocycles. The number of hydrogen-bond acceptors (Lipinski definition) is 7. The molecule has 4 N–H and O–H groups in total. The summed E-state index contributed by atoms with van der Waals surface area (Å²) in [6, 6.07) is 39.3. The van der Waals surface area contributed by atoms with E-state index in [4.69, 9.17) is 37.4 Å². The van der Waals surface area contributed by atoms with E-state index in [0.29, 0.717) is 23.3 Å². The van der Waals surface area contributed by atoms with Gasteiger partial charge in [-0.15, -0.1) is 0 Å². The minimum absolute atomic E-state index is 0. The molecule has 8 aromatic rings. The summed E-state index contributed by atoms with van der Waals surface area (Å²) in [5, 5.41) is 28.2. The van der Waals surface area contributed by atoms with Crippen molar-refractivity contribution in [2.75, 3.05) is 20.3 Å².